The SMILES string of the molecule is CC(C)CNC(N)=NCc1cnn(Cc2ccccc2)c1.I. The molecule has 0 atom stereocenters. The maximum Gasteiger partial charge on any atom is 0.188 e. The minimum atomic E-state index is 0. The van der Waals surface area contributed by atoms with Gasteiger partial charge in [-0.3, -0.25) is 4.68 Å². The number of nitrogens with zero attached hydrogens (tertiary/aromatic N) is 3. The maximum atomic E-state index is 5.81. The summed E-state index contributed by atoms with van der Waals surface area (Å²) in [5, 5.41) is 7.45. The minimum absolute atomic E-state index is 0. The first-order chi connectivity index (χ1) is 10.1. The molecule has 0 unspecified atom stereocenters. The third kappa shape index (κ3) is 6.46. The van der Waals surface area contributed by atoms with Gasteiger partial charge in [-0.1, -0.05) is 44.2 Å². The number of nitrogens with one attached hydrogen (secondary N) is 1. The molecule has 3 N–H and O–H groups in total. The number of benzene rings is 1. The standard InChI is InChI=1S/C16H23N5.HI/c1-13(2)8-18-16(17)19-9-15-10-20-21(12-15)11-14-6-4-3-5-7-14;/h3-7,10,12-13H,8-9,11H2,1-2H3,(H3,17,18,19);1H. The van der Waals surface area contributed by atoms with Gasteiger partial charge in [0.25, 0.3) is 0 Å². The van der Waals surface area contributed by atoms with E-state index in [1.54, 1.807) is 0 Å². The van der Waals surface area contributed by atoms with E-state index in [1.807, 2.05) is 35.3 Å². The molecule has 0 aliphatic carbocycles. The highest BCUT2D eigenvalue weighted by molar-refractivity contribution is 14.0. The van der Waals surface area contributed by atoms with Crippen LogP contribution in [0, 0.1) is 5.92 Å². The fraction of sp³-hybridized carbons (Fsp3) is 0.375. The fourth-order valence-electron chi connectivity index (χ4n) is 1.89. The van der Waals surface area contributed by atoms with Gasteiger partial charge in [0.05, 0.1) is 19.3 Å². The number of hydrogen-bond donors (Lipinski definition) is 2. The Morgan fingerprint density at radius 1 is 1.27 bits per heavy atom. The molecule has 120 valence electrons. The van der Waals surface area contributed by atoms with Gasteiger partial charge in [0.15, 0.2) is 5.96 Å². The van der Waals surface area contributed by atoms with E-state index in [1.165, 1.54) is 5.56 Å². The first-order valence-corrected chi connectivity index (χ1v) is 7.22. The van der Waals surface area contributed by atoms with Crippen LogP contribution in [0.25, 0.3) is 0 Å². The Hall–Kier alpha value is -1.57. The first-order valence-electron chi connectivity index (χ1n) is 7.22. The predicted molar refractivity (Wildman–Crippen MR) is 101 cm³/mol. The highest BCUT2D eigenvalue weighted by atomic mass is 127. The van der Waals surface area contributed by atoms with Gasteiger partial charge in [-0.05, 0) is 11.5 Å². The molecule has 1 aromatic carbocycles. The van der Waals surface area contributed by atoms with Crippen molar-refractivity contribution in [2.75, 3.05) is 6.54 Å². The largest absolute Gasteiger partial charge is 0.370 e. The van der Waals surface area contributed by atoms with Crippen molar-refractivity contribution in [1.82, 2.24) is 15.1 Å². The second-order valence-corrected chi connectivity index (χ2v) is 5.51. The molecule has 2 aromatic rings. The van der Waals surface area contributed by atoms with Gasteiger partial charge >= 0.3 is 0 Å². The lowest BCUT2D eigenvalue weighted by Gasteiger charge is -2.07. The molecule has 0 saturated carbocycles. The van der Waals surface area contributed by atoms with Crippen LogP contribution >= 0.6 is 24.0 Å². The predicted octanol–water partition coefficient (Wildman–Crippen LogP) is 2.61. The molecule has 0 aliphatic heterocycles. The summed E-state index contributed by atoms with van der Waals surface area (Å²) in [4.78, 5) is 4.32. The van der Waals surface area contributed by atoms with Crippen LogP contribution in [-0.4, -0.2) is 22.3 Å². The van der Waals surface area contributed by atoms with Crippen LogP contribution in [0.3, 0.4) is 0 Å². The molecule has 0 radical (unpaired) electrons. The molecule has 22 heavy (non-hydrogen) atoms. The van der Waals surface area contributed by atoms with Crippen molar-refractivity contribution in [1.29, 1.82) is 0 Å². The van der Waals surface area contributed by atoms with Gasteiger partial charge in [0, 0.05) is 18.3 Å². The van der Waals surface area contributed by atoms with Gasteiger partial charge in [-0.15, -0.1) is 24.0 Å². The summed E-state index contributed by atoms with van der Waals surface area (Å²) in [5.74, 6) is 1.03. The Kier molecular flexibility index (Phi) is 7.94. The van der Waals surface area contributed by atoms with E-state index in [0.29, 0.717) is 18.4 Å². The Bertz CT molecular complexity index is 577. The number of hydrogen-bond acceptors (Lipinski definition) is 2. The summed E-state index contributed by atoms with van der Waals surface area (Å²) in [6.45, 7) is 6.42. The van der Waals surface area contributed by atoms with Crippen LogP contribution in [0.15, 0.2) is 47.7 Å². The van der Waals surface area contributed by atoms with Crippen molar-refractivity contribution in [3.05, 3.63) is 53.9 Å². The second kappa shape index (κ2) is 9.45. The van der Waals surface area contributed by atoms with Crippen molar-refractivity contribution in [2.24, 2.45) is 16.6 Å². The van der Waals surface area contributed by atoms with Crippen LogP contribution < -0.4 is 11.1 Å². The Morgan fingerprint density at radius 3 is 2.68 bits per heavy atom. The van der Waals surface area contributed by atoms with Crippen LogP contribution in [0.5, 0.6) is 0 Å². The number of aliphatic imine (C=N–C) groups is 1. The van der Waals surface area contributed by atoms with E-state index in [4.69, 9.17) is 5.73 Å². The van der Waals surface area contributed by atoms with Crippen molar-refractivity contribution < 1.29 is 0 Å². The van der Waals surface area contributed by atoms with E-state index >= 15 is 0 Å². The molecule has 0 saturated heterocycles. The van der Waals surface area contributed by atoms with Crippen LogP contribution in [0.1, 0.15) is 25.0 Å². The number of rotatable bonds is 6. The average molecular weight is 413 g/mol. The topological polar surface area (TPSA) is 68.2 Å². The van der Waals surface area contributed by atoms with Gasteiger partial charge in [-0.2, -0.15) is 5.10 Å². The highest BCUT2D eigenvalue weighted by Crippen LogP contribution is 2.04. The normalized spacial score (nSPS) is 11.3. The molecule has 0 aliphatic rings. The number of nitrogens with two attached hydrogens (primary N) is 1. The zero-order valence-corrected chi connectivity index (χ0v) is 15.4. The summed E-state index contributed by atoms with van der Waals surface area (Å²) in [5.41, 5.74) is 8.10. The van der Waals surface area contributed by atoms with Crippen molar-refractivity contribution in [3.8, 4) is 0 Å². The summed E-state index contributed by atoms with van der Waals surface area (Å²) >= 11 is 0. The highest BCUT2D eigenvalue weighted by Gasteiger charge is 2.00. The average Bonchev–Trinajstić information content (AvgIpc) is 2.91. The number of aromatic nitrogens is 2. The minimum Gasteiger partial charge on any atom is -0.370 e. The van der Waals surface area contributed by atoms with Crippen molar-refractivity contribution >= 4 is 29.9 Å². The Labute approximate surface area is 149 Å². The van der Waals surface area contributed by atoms with Crippen LogP contribution in [-0.2, 0) is 13.1 Å². The van der Waals surface area contributed by atoms with Crippen LogP contribution in [0.4, 0.5) is 0 Å². The number of halogens is 1. The Balaban J connectivity index is 0.00000242. The van der Waals surface area contributed by atoms with Gasteiger partial charge in [0.2, 0.25) is 0 Å². The fourth-order valence-corrected chi connectivity index (χ4v) is 1.89. The van der Waals surface area contributed by atoms with Gasteiger partial charge in [0.1, 0.15) is 0 Å². The molecule has 0 bridgehead atoms. The molecular weight excluding hydrogens is 389 g/mol. The van der Waals surface area contributed by atoms with E-state index in [2.05, 4.69) is 41.4 Å². The van der Waals surface area contributed by atoms with Gasteiger partial charge in [-0.25, -0.2) is 4.99 Å². The van der Waals surface area contributed by atoms with E-state index in [-0.39, 0.29) is 24.0 Å². The molecule has 0 spiro atoms. The van der Waals surface area contributed by atoms with Crippen LogP contribution in [0.2, 0.25) is 0 Å². The van der Waals surface area contributed by atoms with E-state index in [0.717, 1.165) is 18.7 Å². The summed E-state index contributed by atoms with van der Waals surface area (Å²) < 4.78 is 1.91. The molecule has 0 amide bonds. The maximum absolute atomic E-state index is 5.81. The monoisotopic (exact) mass is 413 g/mol. The molecule has 5 nitrogen and oxygen atoms in total. The second-order valence-electron chi connectivity index (χ2n) is 5.51. The first kappa shape index (κ1) is 18.5. The Morgan fingerprint density at radius 2 is 2.00 bits per heavy atom. The quantitative estimate of drug-likeness (QED) is 0.435. The lowest BCUT2D eigenvalue weighted by atomic mass is 10.2. The summed E-state index contributed by atoms with van der Waals surface area (Å²) in [6.07, 6.45) is 3.84. The molecular formula is C16H24IN5. The van der Waals surface area contributed by atoms with Crippen molar-refractivity contribution in [3.63, 3.8) is 0 Å². The van der Waals surface area contributed by atoms with E-state index < -0.39 is 0 Å². The summed E-state index contributed by atoms with van der Waals surface area (Å²) in [7, 11) is 0. The molecule has 1 heterocycles. The third-order valence-corrected chi connectivity index (χ3v) is 3.00. The zero-order valence-electron chi connectivity index (χ0n) is 13.1. The lowest BCUT2D eigenvalue weighted by molar-refractivity contribution is 0.622. The number of guanidine groups is 1. The van der Waals surface area contributed by atoms with Crippen molar-refractivity contribution in [2.45, 2.75) is 26.9 Å². The molecule has 2 rings (SSSR count). The molecule has 1 aromatic heterocycles. The zero-order chi connectivity index (χ0) is 15.1. The summed E-state index contributed by atoms with van der Waals surface area (Å²) in [6, 6.07) is 10.3. The lowest BCUT2D eigenvalue weighted by Crippen LogP contribution is -2.34. The molecule has 0 fully saturated rings. The molecule has 6 heteroatoms. The van der Waals surface area contributed by atoms with E-state index in [9.17, 15) is 0 Å². The van der Waals surface area contributed by atoms with Gasteiger partial charge < -0.3 is 11.1 Å². The third-order valence-electron chi connectivity index (χ3n) is 3.00. The smallest absolute Gasteiger partial charge is 0.188 e.